The van der Waals surface area contributed by atoms with Gasteiger partial charge in [-0.25, -0.2) is 0 Å². The lowest BCUT2D eigenvalue weighted by atomic mass is 9.98. The highest BCUT2D eigenvalue weighted by Crippen LogP contribution is 2.27. The van der Waals surface area contributed by atoms with Crippen LogP contribution in [0.1, 0.15) is 11.1 Å². The molecule has 2 aromatic rings. The van der Waals surface area contributed by atoms with Gasteiger partial charge in [-0.15, -0.1) is 0 Å². The summed E-state index contributed by atoms with van der Waals surface area (Å²) in [5, 5.41) is 9.34. The molecule has 0 radical (unpaired) electrons. The number of hydrogen-bond donors (Lipinski definition) is 1. The Bertz CT molecular complexity index is 591. The fourth-order valence-electron chi connectivity index (χ4n) is 1.94. The van der Waals surface area contributed by atoms with E-state index in [1.807, 2.05) is 43.3 Å². The zero-order valence-electron chi connectivity index (χ0n) is 9.98. The fourth-order valence-corrected chi connectivity index (χ4v) is 2.12. The highest BCUT2D eigenvalue weighted by Gasteiger charge is 2.08. The molecule has 2 nitrogen and oxygen atoms in total. The van der Waals surface area contributed by atoms with Gasteiger partial charge in [0.2, 0.25) is 0 Å². The summed E-state index contributed by atoms with van der Waals surface area (Å²) < 4.78 is 0. The van der Waals surface area contributed by atoms with Crippen LogP contribution in [-0.2, 0) is 11.2 Å². The minimum atomic E-state index is -0.876. The first-order valence-corrected chi connectivity index (χ1v) is 6.02. The highest BCUT2D eigenvalue weighted by molar-refractivity contribution is 6.31. The Morgan fingerprint density at radius 1 is 1.22 bits per heavy atom. The molecule has 0 saturated carbocycles. The summed E-state index contributed by atoms with van der Waals surface area (Å²) in [6.07, 6.45) is -0.0570. The van der Waals surface area contributed by atoms with Crippen LogP contribution in [-0.4, -0.2) is 11.1 Å². The molecule has 92 valence electrons. The number of aryl methyl sites for hydroxylation is 1. The maximum atomic E-state index is 10.8. The Hall–Kier alpha value is -1.80. The Labute approximate surface area is 111 Å². The minimum absolute atomic E-state index is 0.0570. The maximum Gasteiger partial charge on any atom is 0.307 e. The largest absolute Gasteiger partial charge is 0.481 e. The van der Waals surface area contributed by atoms with Crippen LogP contribution in [0.3, 0.4) is 0 Å². The number of halogens is 1. The van der Waals surface area contributed by atoms with Crippen LogP contribution in [0.25, 0.3) is 11.1 Å². The van der Waals surface area contributed by atoms with Crippen LogP contribution in [0.5, 0.6) is 0 Å². The van der Waals surface area contributed by atoms with E-state index in [0.29, 0.717) is 10.6 Å². The summed E-state index contributed by atoms with van der Waals surface area (Å²) in [6, 6.07) is 13.5. The van der Waals surface area contributed by atoms with E-state index in [9.17, 15) is 4.79 Å². The summed E-state index contributed by atoms with van der Waals surface area (Å²) >= 11 is 6.00. The number of carbonyl (C=O) groups is 1. The van der Waals surface area contributed by atoms with Gasteiger partial charge in [0.1, 0.15) is 0 Å². The Morgan fingerprint density at radius 3 is 2.61 bits per heavy atom. The SMILES string of the molecule is Cc1ccccc1-c1ccc(Cl)c(CC(=O)O)c1. The average molecular weight is 261 g/mol. The highest BCUT2D eigenvalue weighted by atomic mass is 35.5. The molecule has 1 N–H and O–H groups in total. The van der Waals surface area contributed by atoms with E-state index in [1.165, 1.54) is 0 Å². The predicted octanol–water partition coefficient (Wildman–Crippen LogP) is 3.94. The number of hydrogen-bond acceptors (Lipinski definition) is 1. The molecule has 2 rings (SSSR count). The van der Waals surface area contributed by atoms with Gasteiger partial charge >= 0.3 is 5.97 Å². The van der Waals surface area contributed by atoms with E-state index in [2.05, 4.69) is 0 Å². The first-order valence-electron chi connectivity index (χ1n) is 5.64. The van der Waals surface area contributed by atoms with Gasteiger partial charge in [-0.3, -0.25) is 4.79 Å². The summed E-state index contributed by atoms with van der Waals surface area (Å²) in [5.74, 6) is -0.876. The lowest BCUT2D eigenvalue weighted by Crippen LogP contribution is -2.01. The van der Waals surface area contributed by atoms with Gasteiger partial charge in [0.25, 0.3) is 0 Å². The monoisotopic (exact) mass is 260 g/mol. The number of benzene rings is 2. The number of rotatable bonds is 3. The van der Waals surface area contributed by atoms with E-state index in [1.54, 1.807) is 6.07 Å². The van der Waals surface area contributed by atoms with Crippen LogP contribution >= 0.6 is 11.6 Å². The Morgan fingerprint density at radius 2 is 1.94 bits per heavy atom. The van der Waals surface area contributed by atoms with Crippen LogP contribution in [0.2, 0.25) is 5.02 Å². The fraction of sp³-hybridized carbons (Fsp3) is 0.133. The Kier molecular flexibility index (Phi) is 3.68. The molecule has 0 amide bonds. The molecule has 3 heteroatoms. The number of carboxylic acids is 1. The third-order valence-electron chi connectivity index (χ3n) is 2.84. The second kappa shape index (κ2) is 5.23. The summed E-state index contributed by atoms with van der Waals surface area (Å²) in [7, 11) is 0. The second-order valence-electron chi connectivity index (χ2n) is 4.19. The van der Waals surface area contributed by atoms with Crippen molar-refractivity contribution < 1.29 is 9.90 Å². The van der Waals surface area contributed by atoms with Crippen LogP contribution < -0.4 is 0 Å². The zero-order valence-corrected chi connectivity index (χ0v) is 10.7. The van der Waals surface area contributed by atoms with Gasteiger partial charge in [0.05, 0.1) is 6.42 Å². The van der Waals surface area contributed by atoms with Crippen molar-refractivity contribution in [1.29, 1.82) is 0 Å². The van der Waals surface area contributed by atoms with Gasteiger partial charge in [-0.1, -0.05) is 41.9 Å². The number of aliphatic carboxylic acids is 1. The molecule has 0 aliphatic carbocycles. The molecular formula is C15H13ClO2. The molecule has 0 aliphatic rings. The van der Waals surface area contributed by atoms with Crippen LogP contribution in [0.4, 0.5) is 0 Å². The average Bonchev–Trinajstić information content (AvgIpc) is 2.32. The molecule has 0 aliphatic heterocycles. The molecule has 0 heterocycles. The van der Waals surface area contributed by atoms with E-state index < -0.39 is 5.97 Å². The predicted molar refractivity (Wildman–Crippen MR) is 73.0 cm³/mol. The molecule has 0 fully saturated rings. The molecule has 0 unspecified atom stereocenters. The van der Waals surface area contributed by atoms with E-state index >= 15 is 0 Å². The van der Waals surface area contributed by atoms with E-state index in [0.717, 1.165) is 16.7 Å². The van der Waals surface area contributed by atoms with Gasteiger partial charge in [-0.2, -0.15) is 0 Å². The van der Waals surface area contributed by atoms with Gasteiger partial charge in [0, 0.05) is 5.02 Å². The quantitative estimate of drug-likeness (QED) is 0.908. The number of carboxylic acid groups (broad SMARTS) is 1. The van der Waals surface area contributed by atoms with Crippen molar-refractivity contribution >= 4 is 17.6 Å². The van der Waals surface area contributed by atoms with Crippen LogP contribution in [0, 0.1) is 6.92 Å². The molecule has 0 atom stereocenters. The van der Waals surface area contributed by atoms with Crippen LogP contribution in [0.15, 0.2) is 42.5 Å². The molecule has 0 aromatic heterocycles. The molecule has 0 spiro atoms. The van der Waals surface area contributed by atoms with Crippen molar-refractivity contribution in [2.24, 2.45) is 0 Å². The molecule has 2 aromatic carbocycles. The zero-order chi connectivity index (χ0) is 13.1. The van der Waals surface area contributed by atoms with Crippen molar-refractivity contribution in [2.75, 3.05) is 0 Å². The first kappa shape index (κ1) is 12.7. The standard InChI is InChI=1S/C15H13ClO2/c1-10-4-2-3-5-13(10)11-6-7-14(16)12(8-11)9-15(17)18/h2-8H,9H2,1H3,(H,17,18). The van der Waals surface area contributed by atoms with E-state index in [4.69, 9.17) is 16.7 Å². The van der Waals surface area contributed by atoms with Crippen molar-refractivity contribution in [3.8, 4) is 11.1 Å². The molecule has 0 saturated heterocycles. The minimum Gasteiger partial charge on any atom is -0.481 e. The van der Waals surface area contributed by atoms with Crippen molar-refractivity contribution in [3.63, 3.8) is 0 Å². The maximum absolute atomic E-state index is 10.8. The molecular weight excluding hydrogens is 248 g/mol. The molecule has 18 heavy (non-hydrogen) atoms. The lowest BCUT2D eigenvalue weighted by molar-refractivity contribution is -0.136. The van der Waals surface area contributed by atoms with Gasteiger partial charge < -0.3 is 5.11 Å². The van der Waals surface area contributed by atoms with Crippen molar-refractivity contribution in [2.45, 2.75) is 13.3 Å². The summed E-state index contributed by atoms with van der Waals surface area (Å²) in [5.41, 5.74) is 3.89. The smallest absolute Gasteiger partial charge is 0.307 e. The third-order valence-corrected chi connectivity index (χ3v) is 3.21. The Balaban J connectivity index is 2.47. The normalized spacial score (nSPS) is 10.3. The van der Waals surface area contributed by atoms with E-state index in [-0.39, 0.29) is 6.42 Å². The summed E-state index contributed by atoms with van der Waals surface area (Å²) in [4.78, 5) is 10.8. The van der Waals surface area contributed by atoms with Gasteiger partial charge in [0.15, 0.2) is 0 Å². The van der Waals surface area contributed by atoms with Gasteiger partial charge in [-0.05, 0) is 41.3 Å². The third kappa shape index (κ3) is 2.71. The molecule has 0 bridgehead atoms. The first-order chi connectivity index (χ1) is 8.58. The lowest BCUT2D eigenvalue weighted by Gasteiger charge is -2.08. The summed E-state index contributed by atoms with van der Waals surface area (Å²) in [6.45, 7) is 2.03. The second-order valence-corrected chi connectivity index (χ2v) is 4.60. The topological polar surface area (TPSA) is 37.3 Å². The van der Waals surface area contributed by atoms with Crippen molar-refractivity contribution in [1.82, 2.24) is 0 Å². The van der Waals surface area contributed by atoms with Crippen molar-refractivity contribution in [3.05, 3.63) is 58.6 Å².